The molecular weight excluding hydrogens is 198 g/mol. The minimum atomic E-state index is 0.157. The smallest absolute Gasteiger partial charge is 0.221 e. The summed E-state index contributed by atoms with van der Waals surface area (Å²) in [6, 6.07) is 2.07. The molecule has 0 radical (unpaired) electrons. The fraction of sp³-hybridized carbons (Fsp3) is 0.500. The molecule has 2 heteroatoms. The van der Waals surface area contributed by atoms with Crippen LogP contribution in [0.25, 0.3) is 5.57 Å². The fourth-order valence-corrected chi connectivity index (χ4v) is 1.87. The van der Waals surface area contributed by atoms with Crippen molar-refractivity contribution >= 4 is 5.57 Å². The van der Waals surface area contributed by atoms with Crippen molar-refractivity contribution in [3.8, 4) is 5.88 Å². The maximum absolute atomic E-state index is 5.81. The van der Waals surface area contributed by atoms with Gasteiger partial charge in [-0.1, -0.05) is 27.4 Å². The van der Waals surface area contributed by atoms with E-state index in [1.165, 1.54) is 5.56 Å². The van der Waals surface area contributed by atoms with Crippen LogP contribution in [0, 0.1) is 5.41 Å². The van der Waals surface area contributed by atoms with E-state index < -0.39 is 0 Å². The van der Waals surface area contributed by atoms with Crippen molar-refractivity contribution in [2.24, 2.45) is 5.41 Å². The van der Waals surface area contributed by atoms with Gasteiger partial charge in [0.2, 0.25) is 5.88 Å². The Morgan fingerprint density at radius 3 is 2.81 bits per heavy atom. The summed E-state index contributed by atoms with van der Waals surface area (Å²) in [6.07, 6.45) is 3.94. The number of nitrogens with zero attached hydrogens (tertiary/aromatic N) is 1. The van der Waals surface area contributed by atoms with Crippen LogP contribution in [-0.2, 0) is 6.42 Å². The van der Waals surface area contributed by atoms with Crippen molar-refractivity contribution in [3.05, 3.63) is 30.0 Å². The number of hydrogen-bond donors (Lipinski definition) is 0. The van der Waals surface area contributed by atoms with Crippen molar-refractivity contribution in [2.75, 3.05) is 6.61 Å². The Bertz CT molecular complexity index is 415. The molecule has 0 atom stereocenters. The first-order chi connectivity index (χ1) is 7.47. The summed E-state index contributed by atoms with van der Waals surface area (Å²) in [6.45, 7) is 11.2. The number of ether oxygens (including phenoxy) is 1. The van der Waals surface area contributed by atoms with E-state index in [9.17, 15) is 0 Å². The highest BCUT2D eigenvalue weighted by molar-refractivity contribution is 5.74. The standard InChI is InChI=1S/C14H19NO/c1-10-5-6-11-7-8-15-13(12(10)11)16-9-14(2,3)4/h7-8H,1,5-6,9H2,2-4H3. The van der Waals surface area contributed by atoms with Crippen LogP contribution < -0.4 is 4.74 Å². The Morgan fingerprint density at radius 2 is 2.12 bits per heavy atom. The minimum absolute atomic E-state index is 0.157. The summed E-state index contributed by atoms with van der Waals surface area (Å²) in [7, 11) is 0. The molecule has 1 aromatic heterocycles. The molecular formula is C14H19NO. The second kappa shape index (κ2) is 3.93. The minimum Gasteiger partial charge on any atom is -0.477 e. The molecule has 0 aliphatic heterocycles. The Morgan fingerprint density at radius 1 is 1.38 bits per heavy atom. The highest BCUT2D eigenvalue weighted by atomic mass is 16.5. The van der Waals surface area contributed by atoms with Crippen LogP contribution in [0.5, 0.6) is 5.88 Å². The third-order valence-corrected chi connectivity index (χ3v) is 2.69. The molecule has 1 aliphatic rings. The van der Waals surface area contributed by atoms with Gasteiger partial charge >= 0.3 is 0 Å². The topological polar surface area (TPSA) is 22.1 Å². The van der Waals surface area contributed by atoms with Gasteiger partial charge in [-0.15, -0.1) is 0 Å². The van der Waals surface area contributed by atoms with E-state index in [4.69, 9.17) is 4.74 Å². The molecule has 0 spiro atoms. The number of aromatic nitrogens is 1. The SMILES string of the molecule is C=C1CCc2ccnc(OCC(C)(C)C)c21. The van der Waals surface area contributed by atoms with Crippen molar-refractivity contribution in [1.29, 1.82) is 0 Å². The maximum Gasteiger partial charge on any atom is 0.221 e. The predicted molar refractivity (Wildman–Crippen MR) is 66.5 cm³/mol. The summed E-state index contributed by atoms with van der Waals surface area (Å²) in [5.74, 6) is 0.759. The normalized spacial score (nSPS) is 15.1. The maximum atomic E-state index is 5.81. The molecule has 0 fully saturated rings. The van der Waals surface area contributed by atoms with Gasteiger partial charge < -0.3 is 4.74 Å². The molecule has 1 aromatic rings. The van der Waals surface area contributed by atoms with Gasteiger partial charge in [0, 0.05) is 11.8 Å². The lowest BCUT2D eigenvalue weighted by Crippen LogP contribution is -2.17. The van der Waals surface area contributed by atoms with Crippen molar-refractivity contribution in [1.82, 2.24) is 4.98 Å². The first kappa shape index (κ1) is 11.2. The average molecular weight is 217 g/mol. The van der Waals surface area contributed by atoms with Gasteiger partial charge in [-0.3, -0.25) is 0 Å². The van der Waals surface area contributed by atoms with Gasteiger partial charge in [0.05, 0.1) is 6.61 Å². The third kappa shape index (κ3) is 2.26. The van der Waals surface area contributed by atoms with E-state index in [1.807, 2.05) is 6.20 Å². The Labute approximate surface area is 97.4 Å². The Hall–Kier alpha value is -1.31. The van der Waals surface area contributed by atoms with E-state index >= 15 is 0 Å². The summed E-state index contributed by atoms with van der Waals surface area (Å²) < 4.78 is 5.81. The molecule has 0 saturated heterocycles. The summed E-state index contributed by atoms with van der Waals surface area (Å²) in [5, 5.41) is 0. The molecule has 0 bridgehead atoms. The van der Waals surface area contributed by atoms with Gasteiger partial charge in [-0.05, 0) is 35.5 Å². The number of pyridine rings is 1. The first-order valence-corrected chi connectivity index (χ1v) is 5.76. The lowest BCUT2D eigenvalue weighted by atomic mass is 9.99. The number of rotatable bonds is 2. The molecule has 1 aliphatic carbocycles. The van der Waals surface area contributed by atoms with Crippen LogP contribution >= 0.6 is 0 Å². The largest absolute Gasteiger partial charge is 0.477 e. The quantitative estimate of drug-likeness (QED) is 0.756. The average Bonchev–Trinajstić information content (AvgIpc) is 2.57. The lowest BCUT2D eigenvalue weighted by Gasteiger charge is -2.19. The van der Waals surface area contributed by atoms with Gasteiger partial charge in [0.15, 0.2) is 0 Å². The molecule has 86 valence electrons. The molecule has 0 saturated carbocycles. The Balaban J connectivity index is 2.23. The molecule has 2 nitrogen and oxygen atoms in total. The molecule has 16 heavy (non-hydrogen) atoms. The zero-order valence-electron chi connectivity index (χ0n) is 10.3. The summed E-state index contributed by atoms with van der Waals surface area (Å²) >= 11 is 0. The van der Waals surface area contributed by atoms with Crippen LogP contribution in [-0.4, -0.2) is 11.6 Å². The van der Waals surface area contributed by atoms with Crippen molar-refractivity contribution in [3.63, 3.8) is 0 Å². The zero-order valence-corrected chi connectivity index (χ0v) is 10.3. The van der Waals surface area contributed by atoms with E-state index in [0.717, 1.165) is 29.9 Å². The number of hydrogen-bond acceptors (Lipinski definition) is 2. The van der Waals surface area contributed by atoms with Crippen LogP contribution in [0.15, 0.2) is 18.8 Å². The van der Waals surface area contributed by atoms with Gasteiger partial charge in [-0.25, -0.2) is 4.98 Å². The lowest BCUT2D eigenvalue weighted by molar-refractivity contribution is 0.191. The van der Waals surface area contributed by atoms with Crippen LogP contribution in [0.2, 0.25) is 0 Å². The van der Waals surface area contributed by atoms with Crippen molar-refractivity contribution < 1.29 is 4.74 Å². The van der Waals surface area contributed by atoms with Crippen LogP contribution in [0.3, 0.4) is 0 Å². The third-order valence-electron chi connectivity index (χ3n) is 2.69. The summed E-state index contributed by atoms with van der Waals surface area (Å²) in [4.78, 5) is 4.32. The molecule has 0 amide bonds. The number of fused-ring (bicyclic) bond motifs is 1. The highest BCUT2D eigenvalue weighted by Crippen LogP contribution is 2.36. The predicted octanol–water partition coefficient (Wildman–Crippen LogP) is 3.47. The molecule has 0 unspecified atom stereocenters. The number of aryl methyl sites for hydroxylation is 1. The van der Waals surface area contributed by atoms with E-state index in [1.54, 1.807) is 0 Å². The number of allylic oxidation sites excluding steroid dienone is 1. The molecule has 1 heterocycles. The Kier molecular flexibility index (Phi) is 2.75. The monoisotopic (exact) mass is 217 g/mol. The zero-order chi connectivity index (χ0) is 11.8. The second-order valence-electron chi connectivity index (χ2n) is 5.60. The van der Waals surface area contributed by atoms with Crippen molar-refractivity contribution in [2.45, 2.75) is 33.6 Å². The fourth-order valence-electron chi connectivity index (χ4n) is 1.87. The van der Waals surface area contributed by atoms with Gasteiger partial charge in [-0.2, -0.15) is 0 Å². The van der Waals surface area contributed by atoms with Gasteiger partial charge in [0.1, 0.15) is 0 Å². The molecule has 0 aromatic carbocycles. The molecule has 2 rings (SSSR count). The van der Waals surface area contributed by atoms with E-state index in [-0.39, 0.29) is 5.41 Å². The second-order valence-corrected chi connectivity index (χ2v) is 5.60. The molecule has 0 N–H and O–H groups in total. The van der Waals surface area contributed by atoms with Crippen LogP contribution in [0.4, 0.5) is 0 Å². The highest BCUT2D eigenvalue weighted by Gasteiger charge is 2.21. The van der Waals surface area contributed by atoms with E-state index in [0.29, 0.717) is 6.61 Å². The van der Waals surface area contributed by atoms with Gasteiger partial charge in [0.25, 0.3) is 0 Å². The summed E-state index contributed by atoms with van der Waals surface area (Å²) in [5.41, 5.74) is 3.78. The van der Waals surface area contributed by atoms with E-state index in [2.05, 4.69) is 38.4 Å². The first-order valence-electron chi connectivity index (χ1n) is 5.76. The van der Waals surface area contributed by atoms with Crippen LogP contribution in [0.1, 0.15) is 38.3 Å².